The van der Waals surface area contributed by atoms with Gasteiger partial charge >= 0.3 is 5.69 Å². The summed E-state index contributed by atoms with van der Waals surface area (Å²) in [5.74, 6) is 0.393. The van der Waals surface area contributed by atoms with Crippen molar-refractivity contribution < 1.29 is 4.39 Å². The maximum Gasteiger partial charge on any atom is 0.337 e. The third-order valence-electron chi connectivity index (χ3n) is 5.91. The van der Waals surface area contributed by atoms with E-state index in [2.05, 4.69) is 32.7 Å². The van der Waals surface area contributed by atoms with E-state index in [0.717, 1.165) is 11.1 Å². The Morgan fingerprint density at radius 1 is 0.939 bits per heavy atom. The van der Waals surface area contributed by atoms with E-state index in [-0.39, 0.29) is 11.4 Å². The van der Waals surface area contributed by atoms with E-state index in [4.69, 9.17) is 0 Å². The van der Waals surface area contributed by atoms with Gasteiger partial charge in [-0.3, -0.25) is 9.36 Å². The number of benzene rings is 2. The molecule has 2 aromatic carbocycles. The number of imidazole rings is 1. The topological polar surface area (TPSA) is 61.8 Å². The average molecular weight is 449 g/mol. The number of nitrogens with zero attached hydrogens (tertiary/aromatic N) is 4. The van der Waals surface area contributed by atoms with Crippen LogP contribution in [0.15, 0.2) is 64.4 Å². The van der Waals surface area contributed by atoms with E-state index < -0.39 is 5.69 Å². The summed E-state index contributed by atoms with van der Waals surface area (Å²) in [6, 6.07) is 13.9. The molecule has 172 valence electrons. The molecule has 0 atom stereocenters. The fourth-order valence-electron chi connectivity index (χ4n) is 3.91. The Bertz CT molecular complexity index is 1380. The lowest BCUT2D eigenvalue weighted by Gasteiger charge is -2.14. The second-order valence-corrected chi connectivity index (χ2v) is 9.17. The molecule has 2 heterocycles. The van der Waals surface area contributed by atoms with Crippen molar-refractivity contribution in [2.24, 2.45) is 5.92 Å². The predicted octanol–water partition coefficient (Wildman–Crippen LogP) is 4.71. The number of hydrogen-bond donors (Lipinski definition) is 0. The smallest absolute Gasteiger partial charge is 0.320 e. The summed E-state index contributed by atoms with van der Waals surface area (Å²) in [4.78, 5) is 31.4. The summed E-state index contributed by atoms with van der Waals surface area (Å²) >= 11 is 0. The van der Waals surface area contributed by atoms with Gasteiger partial charge in [0.2, 0.25) is 0 Å². The molecular weight excluding hydrogens is 419 g/mol. The van der Waals surface area contributed by atoms with Crippen LogP contribution in [-0.4, -0.2) is 18.7 Å². The molecule has 0 radical (unpaired) electrons. The lowest BCUT2D eigenvalue weighted by atomic mass is 10.0. The summed E-state index contributed by atoms with van der Waals surface area (Å²) in [7, 11) is 0. The van der Waals surface area contributed by atoms with Crippen LogP contribution >= 0.6 is 0 Å². The zero-order chi connectivity index (χ0) is 23.7. The molecule has 6 nitrogen and oxygen atoms in total. The first-order valence-electron chi connectivity index (χ1n) is 11.3. The molecule has 7 heteroatoms. The minimum atomic E-state index is -0.391. The van der Waals surface area contributed by atoms with Crippen LogP contribution in [0.4, 0.5) is 4.39 Å². The van der Waals surface area contributed by atoms with E-state index >= 15 is 0 Å². The van der Waals surface area contributed by atoms with Crippen LogP contribution in [0.5, 0.6) is 0 Å². The van der Waals surface area contributed by atoms with E-state index in [1.54, 1.807) is 23.0 Å². The van der Waals surface area contributed by atoms with Gasteiger partial charge in [0.25, 0.3) is 5.56 Å². The van der Waals surface area contributed by atoms with Crippen LogP contribution in [0, 0.1) is 11.7 Å². The van der Waals surface area contributed by atoms with Crippen molar-refractivity contribution in [3.63, 3.8) is 0 Å². The zero-order valence-corrected chi connectivity index (χ0v) is 19.5. The van der Waals surface area contributed by atoms with Crippen LogP contribution in [0.3, 0.4) is 0 Å². The molecule has 0 aliphatic rings. The molecule has 0 amide bonds. The molecule has 0 saturated heterocycles. The normalized spacial score (nSPS) is 11.7. The summed E-state index contributed by atoms with van der Waals surface area (Å²) in [6.45, 7) is 9.03. The van der Waals surface area contributed by atoms with Gasteiger partial charge in [0.1, 0.15) is 5.82 Å². The molecule has 0 unspecified atom stereocenters. The van der Waals surface area contributed by atoms with Crippen molar-refractivity contribution in [3.8, 4) is 5.69 Å². The van der Waals surface area contributed by atoms with E-state index in [9.17, 15) is 14.0 Å². The van der Waals surface area contributed by atoms with Crippen LogP contribution in [-0.2, 0) is 13.1 Å². The van der Waals surface area contributed by atoms with Gasteiger partial charge in [-0.1, -0.05) is 52.0 Å². The highest BCUT2D eigenvalue weighted by atomic mass is 19.1. The fraction of sp³-hybridized carbons (Fsp3) is 0.346. The molecular formula is C26H29FN4O2. The van der Waals surface area contributed by atoms with Crippen LogP contribution < -0.4 is 11.2 Å². The standard InChI is InChI=1S/C26H29FN4O2/c1-17(2)13-14-30-25(32)23-24(28-16-29(23)15-19-5-9-21(27)10-6-19)31(26(30)33)22-11-7-20(8-12-22)18(3)4/h5-12,16-18H,13-15H2,1-4H3. The summed E-state index contributed by atoms with van der Waals surface area (Å²) in [5.41, 5.74) is 2.60. The van der Waals surface area contributed by atoms with Gasteiger partial charge in [0.15, 0.2) is 11.2 Å². The van der Waals surface area contributed by atoms with E-state index in [1.807, 2.05) is 24.3 Å². The molecule has 4 rings (SSSR count). The zero-order valence-electron chi connectivity index (χ0n) is 19.5. The van der Waals surface area contributed by atoms with Gasteiger partial charge in [0, 0.05) is 13.1 Å². The second-order valence-electron chi connectivity index (χ2n) is 9.17. The van der Waals surface area contributed by atoms with Crippen molar-refractivity contribution in [1.82, 2.24) is 18.7 Å². The fourth-order valence-corrected chi connectivity index (χ4v) is 3.91. The lowest BCUT2D eigenvalue weighted by Crippen LogP contribution is -2.40. The average Bonchev–Trinajstić information content (AvgIpc) is 3.18. The highest BCUT2D eigenvalue weighted by molar-refractivity contribution is 5.72. The Labute approximate surface area is 191 Å². The second kappa shape index (κ2) is 9.17. The third-order valence-corrected chi connectivity index (χ3v) is 5.91. The number of aromatic nitrogens is 4. The molecule has 0 aliphatic carbocycles. The van der Waals surface area contributed by atoms with Crippen molar-refractivity contribution >= 4 is 11.2 Å². The first-order valence-corrected chi connectivity index (χ1v) is 11.3. The molecule has 0 spiro atoms. The van der Waals surface area contributed by atoms with E-state index in [1.165, 1.54) is 21.3 Å². The van der Waals surface area contributed by atoms with Gasteiger partial charge < -0.3 is 4.57 Å². The maximum atomic E-state index is 13.5. The first-order chi connectivity index (χ1) is 15.8. The molecule has 0 fully saturated rings. The highest BCUT2D eigenvalue weighted by Crippen LogP contribution is 2.19. The third kappa shape index (κ3) is 4.53. The van der Waals surface area contributed by atoms with Crippen molar-refractivity contribution in [2.45, 2.75) is 53.1 Å². The molecule has 0 aliphatic heterocycles. The largest absolute Gasteiger partial charge is 0.337 e. The van der Waals surface area contributed by atoms with Crippen LogP contribution in [0.1, 0.15) is 51.2 Å². The minimum absolute atomic E-state index is 0.316. The molecule has 0 N–H and O–H groups in total. The quantitative estimate of drug-likeness (QED) is 0.412. The van der Waals surface area contributed by atoms with Gasteiger partial charge in [-0.25, -0.2) is 18.7 Å². The predicted molar refractivity (Wildman–Crippen MR) is 129 cm³/mol. The monoisotopic (exact) mass is 448 g/mol. The van der Waals surface area contributed by atoms with Crippen molar-refractivity contribution in [1.29, 1.82) is 0 Å². The summed E-state index contributed by atoms with van der Waals surface area (Å²) < 4.78 is 17.9. The van der Waals surface area contributed by atoms with Crippen molar-refractivity contribution in [3.05, 3.63) is 92.6 Å². The maximum absolute atomic E-state index is 13.5. The molecule has 4 aromatic rings. The molecule has 0 bridgehead atoms. The first kappa shape index (κ1) is 22.7. The summed E-state index contributed by atoms with van der Waals surface area (Å²) in [6.07, 6.45) is 2.28. The summed E-state index contributed by atoms with van der Waals surface area (Å²) in [5, 5.41) is 0. The highest BCUT2D eigenvalue weighted by Gasteiger charge is 2.19. The lowest BCUT2D eigenvalue weighted by molar-refractivity contribution is 0.491. The number of hydrogen-bond acceptors (Lipinski definition) is 3. The Morgan fingerprint density at radius 3 is 2.21 bits per heavy atom. The van der Waals surface area contributed by atoms with Gasteiger partial charge in [0.05, 0.1) is 12.0 Å². The van der Waals surface area contributed by atoms with Gasteiger partial charge in [-0.2, -0.15) is 0 Å². The van der Waals surface area contributed by atoms with Gasteiger partial charge in [-0.05, 0) is 53.6 Å². The van der Waals surface area contributed by atoms with Crippen LogP contribution in [0.2, 0.25) is 0 Å². The van der Waals surface area contributed by atoms with Gasteiger partial charge in [-0.15, -0.1) is 0 Å². The van der Waals surface area contributed by atoms with Crippen LogP contribution in [0.25, 0.3) is 16.9 Å². The van der Waals surface area contributed by atoms with Crippen molar-refractivity contribution in [2.75, 3.05) is 0 Å². The Balaban J connectivity index is 1.92. The number of halogens is 1. The van der Waals surface area contributed by atoms with E-state index in [0.29, 0.717) is 48.2 Å². The Kier molecular flexibility index (Phi) is 6.31. The molecule has 33 heavy (non-hydrogen) atoms. The molecule has 2 aromatic heterocycles. The SMILES string of the molecule is CC(C)CCn1c(=O)c2c(ncn2Cc2ccc(F)cc2)n(-c2ccc(C(C)C)cc2)c1=O. The number of fused-ring (bicyclic) bond motifs is 1. The number of rotatable bonds is 7. The minimum Gasteiger partial charge on any atom is -0.320 e. The Hall–Kier alpha value is -3.48. The Morgan fingerprint density at radius 2 is 1.61 bits per heavy atom. The molecule has 0 saturated carbocycles.